The molecule has 1 heterocycles. The second-order valence-electron chi connectivity index (χ2n) is 2.85. The van der Waals surface area contributed by atoms with E-state index in [4.69, 9.17) is 5.11 Å². The maximum atomic E-state index is 10.7. The topological polar surface area (TPSA) is 88.2 Å². The Balaban J connectivity index is 2.52. The van der Waals surface area contributed by atoms with Gasteiger partial charge >= 0.3 is 5.97 Å². The minimum absolute atomic E-state index is 0.164. The van der Waals surface area contributed by atoms with Crippen LogP contribution >= 0.6 is 0 Å². The normalized spacial score (nSPS) is 10.1. The van der Waals surface area contributed by atoms with E-state index in [9.17, 15) is 9.90 Å². The first-order valence-electron chi connectivity index (χ1n) is 4.11. The number of rotatable bonds is 2. The zero-order chi connectivity index (χ0) is 10.8. The van der Waals surface area contributed by atoms with E-state index in [1.165, 1.54) is 23.0 Å². The minimum Gasteiger partial charge on any atom is -0.507 e. The molecule has 2 rings (SSSR count). The van der Waals surface area contributed by atoms with Crippen LogP contribution < -0.4 is 0 Å². The van der Waals surface area contributed by atoms with Crippen LogP contribution in [0.25, 0.3) is 5.69 Å². The number of phenols is 1. The van der Waals surface area contributed by atoms with Crippen LogP contribution in [0.3, 0.4) is 0 Å². The highest BCUT2D eigenvalue weighted by molar-refractivity contribution is 5.91. The van der Waals surface area contributed by atoms with E-state index in [2.05, 4.69) is 10.3 Å². The van der Waals surface area contributed by atoms with Gasteiger partial charge in [-0.05, 0) is 18.2 Å². The van der Waals surface area contributed by atoms with Crippen molar-refractivity contribution >= 4 is 5.97 Å². The number of aromatic carboxylic acids is 1. The van der Waals surface area contributed by atoms with Crippen molar-refractivity contribution in [2.24, 2.45) is 0 Å². The van der Waals surface area contributed by atoms with Gasteiger partial charge in [-0.25, -0.2) is 9.48 Å². The molecule has 0 saturated heterocycles. The molecule has 0 spiro atoms. The summed E-state index contributed by atoms with van der Waals surface area (Å²) in [5, 5.41) is 25.4. The molecule has 0 saturated carbocycles. The van der Waals surface area contributed by atoms with Crippen molar-refractivity contribution in [2.75, 3.05) is 0 Å². The van der Waals surface area contributed by atoms with E-state index < -0.39 is 5.97 Å². The minimum atomic E-state index is -1.19. The predicted molar refractivity (Wildman–Crippen MR) is 50.0 cm³/mol. The molecule has 2 N–H and O–H groups in total. The number of hydrogen-bond donors (Lipinski definition) is 2. The average Bonchev–Trinajstić information content (AvgIpc) is 2.71. The van der Waals surface area contributed by atoms with Crippen LogP contribution in [0.15, 0.2) is 30.6 Å². The molecule has 0 fully saturated rings. The third-order valence-corrected chi connectivity index (χ3v) is 1.90. The summed E-state index contributed by atoms with van der Waals surface area (Å²) in [5.74, 6) is -1.46. The summed E-state index contributed by atoms with van der Waals surface area (Å²) in [5.41, 5.74) is 0.366. The molecule has 6 heteroatoms. The number of nitrogens with zero attached hydrogens (tertiary/aromatic N) is 3. The molecule has 1 aromatic carbocycles. The highest BCUT2D eigenvalue weighted by Gasteiger charge is 2.10. The van der Waals surface area contributed by atoms with Crippen molar-refractivity contribution in [1.29, 1.82) is 0 Å². The van der Waals surface area contributed by atoms with Crippen molar-refractivity contribution in [3.8, 4) is 11.4 Å². The Morgan fingerprint density at radius 2 is 2.20 bits per heavy atom. The quantitative estimate of drug-likeness (QED) is 0.752. The lowest BCUT2D eigenvalue weighted by Crippen LogP contribution is -2.01. The second kappa shape index (κ2) is 3.41. The van der Waals surface area contributed by atoms with Gasteiger partial charge in [-0.3, -0.25) is 0 Å². The molecule has 0 aliphatic rings. The van der Waals surface area contributed by atoms with Crippen LogP contribution in [0.2, 0.25) is 0 Å². The molecule has 0 amide bonds. The van der Waals surface area contributed by atoms with Gasteiger partial charge in [-0.15, -0.1) is 5.10 Å². The number of aromatic hydroxyl groups is 1. The highest BCUT2D eigenvalue weighted by Crippen LogP contribution is 2.19. The molecule has 76 valence electrons. The molecule has 0 radical (unpaired) electrons. The van der Waals surface area contributed by atoms with Crippen LogP contribution in [0.5, 0.6) is 5.75 Å². The lowest BCUT2D eigenvalue weighted by molar-refractivity contribution is 0.0693. The Morgan fingerprint density at radius 3 is 2.80 bits per heavy atom. The van der Waals surface area contributed by atoms with Crippen molar-refractivity contribution in [2.45, 2.75) is 0 Å². The molecule has 6 nitrogen and oxygen atoms in total. The van der Waals surface area contributed by atoms with E-state index in [0.717, 1.165) is 0 Å². The first-order valence-corrected chi connectivity index (χ1v) is 4.11. The van der Waals surface area contributed by atoms with Crippen LogP contribution in [-0.2, 0) is 0 Å². The van der Waals surface area contributed by atoms with Gasteiger partial charge < -0.3 is 10.2 Å². The molecule has 0 aliphatic heterocycles. The monoisotopic (exact) mass is 205 g/mol. The van der Waals surface area contributed by atoms with Gasteiger partial charge in [0, 0.05) is 0 Å². The Labute approximate surface area is 84.4 Å². The zero-order valence-electron chi connectivity index (χ0n) is 7.53. The van der Waals surface area contributed by atoms with E-state index in [-0.39, 0.29) is 11.3 Å². The smallest absolute Gasteiger partial charge is 0.339 e. The van der Waals surface area contributed by atoms with Gasteiger partial charge in [0.05, 0.1) is 18.1 Å². The summed E-state index contributed by atoms with van der Waals surface area (Å²) in [4.78, 5) is 10.7. The lowest BCUT2D eigenvalue weighted by Gasteiger charge is -2.03. The summed E-state index contributed by atoms with van der Waals surface area (Å²) < 4.78 is 1.41. The van der Waals surface area contributed by atoms with Gasteiger partial charge in [0.2, 0.25) is 0 Å². The Morgan fingerprint density at radius 1 is 1.40 bits per heavy atom. The largest absolute Gasteiger partial charge is 0.507 e. The van der Waals surface area contributed by atoms with Crippen molar-refractivity contribution in [3.63, 3.8) is 0 Å². The fraction of sp³-hybridized carbons (Fsp3) is 0. The number of carbonyl (C=O) groups is 1. The maximum Gasteiger partial charge on any atom is 0.339 e. The summed E-state index contributed by atoms with van der Waals surface area (Å²) in [6, 6.07) is 4.18. The standard InChI is InChI=1S/C9H7N3O3/c13-8-2-1-6(5-7(8)9(14)15)12-4-3-10-11-12/h1-5,13H,(H,14,15). The molecule has 0 bridgehead atoms. The molecule has 0 atom stereocenters. The zero-order valence-corrected chi connectivity index (χ0v) is 7.53. The number of hydrogen-bond acceptors (Lipinski definition) is 4. The molecule has 2 aromatic rings. The Hall–Kier alpha value is -2.37. The summed E-state index contributed by atoms with van der Waals surface area (Å²) in [7, 11) is 0. The van der Waals surface area contributed by atoms with E-state index in [0.29, 0.717) is 5.69 Å². The molecular formula is C9H7N3O3. The number of aromatic nitrogens is 3. The number of benzene rings is 1. The van der Waals surface area contributed by atoms with E-state index >= 15 is 0 Å². The van der Waals surface area contributed by atoms with Gasteiger partial charge in [0.15, 0.2) is 0 Å². The van der Waals surface area contributed by atoms with Gasteiger partial charge in [0.25, 0.3) is 0 Å². The summed E-state index contributed by atoms with van der Waals surface area (Å²) in [6.45, 7) is 0. The number of carboxylic acids is 1. The first-order chi connectivity index (χ1) is 7.18. The Bertz CT molecular complexity index is 493. The fourth-order valence-corrected chi connectivity index (χ4v) is 1.18. The average molecular weight is 205 g/mol. The molecule has 1 aromatic heterocycles. The molecule has 0 aliphatic carbocycles. The van der Waals surface area contributed by atoms with Crippen molar-refractivity contribution in [1.82, 2.24) is 15.0 Å². The molecular weight excluding hydrogens is 198 g/mol. The predicted octanol–water partition coefficient (Wildman–Crippen LogP) is 0.671. The van der Waals surface area contributed by atoms with Gasteiger partial charge in [-0.1, -0.05) is 5.21 Å². The fourth-order valence-electron chi connectivity index (χ4n) is 1.18. The highest BCUT2D eigenvalue weighted by atomic mass is 16.4. The van der Waals surface area contributed by atoms with Crippen molar-refractivity contribution in [3.05, 3.63) is 36.2 Å². The van der Waals surface area contributed by atoms with Crippen molar-refractivity contribution < 1.29 is 15.0 Å². The second-order valence-corrected chi connectivity index (χ2v) is 2.85. The van der Waals surface area contributed by atoms with Crippen LogP contribution in [0.1, 0.15) is 10.4 Å². The summed E-state index contributed by atoms with van der Waals surface area (Å²) >= 11 is 0. The van der Waals surface area contributed by atoms with E-state index in [1.54, 1.807) is 12.3 Å². The third-order valence-electron chi connectivity index (χ3n) is 1.90. The number of carboxylic acid groups (broad SMARTS) is 1. The SMILES string of the molecule is O=C(O)c1cc(-n2ccnn2)ccc1O. The van der Waals surface area contributed by atoms with Gasteiger partial charge in [-0.2, -0.15) is 0 Å². The first kappa shape index (κ1) is 9.20. The van der Waals surface area contributed by atoms with Crippen LogP contribution in [0.4, 0.5) is 0 Å². The van der Waals surface area contributed by atoms with E-state index in [1.807, 2.05) is 0 Å². The summed E-state index contributed by atoms with van der Waals surface area (Å²) in [6.07, 6.45) is 3.06. The molecule has 0 unspecified atom stereocenters. The third kappa shape index (κ3) is 1.64. The lowest BCUT2D eigenvalue weighted by atomic mass is 10.2. The molecule has 15 heavy (non-hydrogen) atoms. The maximum absolute atomic E-state index is 10.7. The Kier molecular flexibility index (Phi) is 2.09. The van der Waals surface area contributed by atoms with Crippen LogP contribution in [-0.4, -0.2) is 31.2 Å². The van der Waals surface area contributed by atoms with Crippen LogP contribution in [0, 0.1) is 0 Å². The van der Waals surface area contributed by atoms with Gasteiger partial charge in [0.1, 0.15) is 11.3 Å².